The summed E-state index contributed by atoms with van der Waals surface area (Å²) in [7, 11) is 0. The lowest BCUT2D eigenvalue weighted by Gasteiger charge is -2.18. The summed E-state index contributed by atoms with van der Waals surface area (Å²) in [5.41, 5.74) is 2.51. The Morgan fingerprint density at radius 2 is 2.00 bits per heavy atom. The van der Waals surface area contributed by atoms with Crippen molar-refractivity contribution in [3.05, 3.63) is 47.3 Å². The quantitative estimate of drug-likeness (QED) is 0.791. The highest BCUT2D eigenvalue weighted by atomic mass is 16.5. The molecule has 1 heterocycles. The molecule has 0 bridgehead atoms. The Morgan fingerprint density at radius 1 is 1.28 bits per heavy atom. The molecule has 2 N–H and O–H groups in total. The third-order valence-corrected chi connectivity index (χ3v) is 4.18. The van der Waals surface area contributed by atoms with E-state index in [4.69, 9.17) is 4.74 Å². The van der Waals surface area contributed by atoms with Crippen LogP contribution in [0, 0.1) is 0 Å². The maximum Gasteiger partial charge on any atom is 0.251 e. The highest BCUT2D eigenvalue weighted by Crippen LogP contribution is 2.23. The fourth-order valence-electron chi connectivity index (χ4n) is 2.74. The number of rotatable bonds is 7. The van der Waals surface area contributed by atoms with Crippen molar-refractivity contribution in [3.8, 4) is 5.75 Å². The molecule has 1 aromatic heterocycles. The largest absolute Gasteiger partial charge is 0.490 e. The summed E-state index contributed by atoms with van der Waals surface area (Å²) in [6.45, 7) is 11.0. The predicted octanol–water partition coefficient (Wildman–Crippen LogP) is 4.20. The minimum absolute atomic E-state index is 0.0663. The molecule has 1 amide bonds. The van der Waals surface area contributed by atoms with Crippen molar-refractivity contribution in [1.29, 1.82) is 0 Å². The van der Waals surface area contributed by atoms with Crippen molar-refractivity contribution in [1.82, 2.24) is 15.5 Å². The lowest BCUT2D eigenvalue weighted by Crippen LogP contribution is -2.25. The summed E-state index contributed by atoms with van der Waals surface area (Å²) in [5, 5.41) is 10.2. The Morgan fingerprint density at radius 3 is 2.64 bits per heavy atom. The molecular formula is C20H29N3O2. The zero-order valence-corrected chi connectivity index (χ0v) is 15.8. The molecule has 0 atom stereocenters. The van der Waals surface area contributed by atoms with Crippen molar-refractivity contribution < 1.29 is 9.53 Å². The van der Waals surface area contributed by atoms with Crippen LogP contribution in [0.3, 0.4) is 0 Å². The highest BCUT2D eigenvalue weighted by molar-refractivity contribution is 5.94. The Kier molecular flexibility index (Phi) is 6.23. The van der Waals surface area contributed by atoms with E-state index in [0.29, 0.717) is 12.1 Å². The number of benzene rings is 1. The van der Waals surface area contributed by atoms with Crippen LogP contribution >= 0.6 is 0 Å². The monoisotopic (exact) mass is 343 g/mol. The first-order valence-electron chi connectivity index (χ1n) is 8.93. The first kappa shape index (κ1) is 19.0. The van der Waals surface area contributed by atoms with Gasteiger partial charge in [-0.05, 0) is 31.0 Å². The van der Waals surface area contributed by atoms with Crippen molar-refractivity contribution in [3.63, 3.8) is 0 Å². The van der Waals surface area contributed by atoms with E-state index in [1.807, 2.05) is 18.3 Å². The van der Waals surface area contributed by atoms with Crippen LogP contribution in [0.25, 0.3) is 0 Å². The van der Waals surface area contributed by atoms with Crippen LogP contribution in [-0.4, -0.2) is 22.2 Å². The zero-order valence-electron chi connectivity index (χ0n) is 15.8. The fourth-order valence-corrected chi connectivity index (χ4v) is 2.74. The van der Waals surface area contributed by atoms with Gasteiger partial charge in [-0.15, -0.1) is 0 Å². The first-order valence-corrected chi connectivity index (χ1v) is 8.93. The number of carbonyl (C=O) groups is 1. The molecule has 0 radical (unpaired) electrons. The van der Waals surface area contributed by atoms with Gasteiger partial charge in [0.2, 0.25) is 0 Å². The van der Waals surface area contributed by atoms with Gasteiger partial charge in [0.15, 0.2) is 0 Å². The van der Waals surface area contributed by atoms with E-state index in [0.717, 1.165) is 29.8 Å². The third kappa shape index (κ3) is 5.08. The summed E-state index contributed by atoms with van der Waals surface area (Å²) < 4.78 is 5.92. The van der Waals surface area contributed by atoms with Gasteiger partial charge < -0.3 is 10.1 Å². The fraction of sp³-hybridized carbons (Fsp3) is 0.500. The smallest absolute Gasteiger partial charge is 0.251 e. The topological polar surface area (TPSA) is 67.0 Å². The molecule has 1 aromatic carbocycles. The molecule has 0 fully saturated rings. The van der Waals surface area contributed by atoms with Gasteiger partial charge in [0.05, 0.1) is 11.8 Å². The normalized spacial score (nSPS) is 11.6. The van der Waals surface area contributed by atoms with Crippen molar-refractivity contribution in [2.75, 3.05) is 0 Å². The molecule has 5 nitrogen and oxygen atoms in total. The molecule has 136 valence electrons. The molecule has 0 saturated heterocycles. The van der Waals surface area contributed by atoms with Crippen LogP contribution in [0.5, 0.6) is 5.75 Å². The molecule has 5 heteroatoms. The Hall–Kier alpha value is -2.30. The molecule has 0 unspecified atom stereocenters. The van der Waals surface area contributed by atoms with E-state index in [-0.39, 0.29) is 17.4 Å². The SMILES string of the molecule is CCC(CC)Oc1cccc(C(=O)NCc2c[nH]nc2C(C)(C)C)c1. The minimum atomic E-state index is -0.115. The Labute approximate surface area is 150 Å². The van der Waals surface area contributed by atoms with Crippen molar-refractivity contribution >= 4 is 5.91 Å². The number of H-pyrrole nitrogens is 1. The van der Waals surface area contributed by atoms with E-state index in [1.54, 1.807) is 12.1 Å². The van der Waals surface area contributed by atoms with Gasteiger partial charge in [0.1, 0.15) is 5.75 Å². The number of carbonyl (C=O) groups excluding carboxylic acids is 1. The van der Waals surface area contributed by atoms with E-state index in [1.165, 1.54) is 0 Å². The Bertz CT molecular complexity index is 697. The van der Waals surface area contributed by atoms with E-state index in [9.17, 15) is 4.79 Å². The number of ether oxygens (including phenoxy) is 1. The number of nitrogens with zero attached hydrogens (tertiary/aromatic N) is 1. The lowest BCUT2D eigenvalue weighted by molar-refractivity contribution is 0.0949. The molecule has 2 aromatic rings. The molecular weight excluding hydrogens is 314 g/mol. The molecule has 0 spiro atoms. The third-order valence-electron chi connectivity index (χ3n) is 4.18. The number of nitrogens with one attached hydrogen (secondary N) is 2. The second kappa shape index (κ2) is 8.19. The average Bonchev–Trinajstić information content (AvgIpc) is 3.06. The first-order chi connectivity index (χ1) is 11.8. The number of amides is 1. The minimum Gasteiger partial charge on any atom is -0.490 e. The van der Waals surface area contributed by atoms with Crippen molar-refractivity contribution in [2.45, 2.75) is 65.5 Å². The van der Waals surface area contributed by atoms with Gasteiger partial charge in [0, 0.05) is 29.3 Å². The van der Waals surface area contributed by atoms with Gasteiger partial charge in [0.25, 0.3) is 5.91 Å². The number of aromatic nitrogens is 2. The molecule has 0 aliphatic rings. The van der Waals surface area contributed by atoms with Crippen LogP contribution < -0.4 is 10.1 Å². The molecule has 0 aliphatic carbocycles. The van der Waals surface area contributed by atoms with Gasteiger partial charge in [-0.3, -0.25) is 9.89 Å². The molecule has 2 rings (SSSR count). The average molecular weight is 343 g/mol. The molecule has 0 saturated carbocycles. The van der Waals surface area contributed by atoms with Gasteiger partial charge in [-0.1, -0.05) is 40.7 Å². The van der Waals surface area contributed by atoms with E-state index >= 15 is 0 Å². The van der Waals surface area contributed by atoms with Crippen LogP contribution in [0.2, 0.25) is 0 Å². The maximum atomic E-state index is 12.5. The van der Waals surface area contributed by atoms with Crippen LogP contribution in [0.1, 0.15) is 69.1 Å². The van der Waals surface area contributed by atoms with E-state index < -0.39 is 0 Å². The Balaban J connectivity index is 2.03. The van der Waals surface area contributed by atoms with Crippen LogP contribution in [0.4, 0.5) is 0 Å². The number of hydrogen-bond acceptors (Lipinski definition) is 3. The zero-order chi connectivity index (χ0) is 18.4. The standard InChI is InChI=1S/C20H29N3O2/c1-6-16(7-2)25-17-10-8-9-14(11-17)19(24)21-12-15-13-22-23-18(15)20(3,4)5/h8-11,13,16H,6-7,12H2,1-5H3,(H,21,24)(H,22,23). The van der Waals surface area contributed by atoms with Crippen LogP contribution in [-0.2, 0) is 12.0 Å². The van der Waals surface area contributed by atoms with Crippen molar-refractivity contribution in [2.24, 2.45) is 0 Å². The summed E-state index contributed by atoms with van der Waals surface area (Å²) in [4.78, 5) is 12.5. The second-order valence-electron chi connectivity index (χ2n) is 7.28. The second-order valence-corrected chi connectivity index (χ2v) is 7.28. The summed E-state index contributed by atoms with van der Waals surface area (Å²) in [5.74, 6) is 0.621. The summed E-state index contributed by atoms with van der Waals surface area (Å²) >= 11 is 0. The van der Waals surface area contributed by atoms with E-state index in [2.05, 4.69) is 50.1 Å². The lowest BCUT2D eigenvalue weighted by atomic mass is 9.89. The summed E-state index contributed by atoms with van der Waals surface area (Å²) in [6, 6.07) is 7.34. The molecule has 25 heavy (non-hydrogen) atoms. The number of aromatic amines is 1. The summed E-state index contributed by atoms with van der Waals surface area (Å²) in [6.07, 6.45) is 3.91. The van der Waals surface area contributed by atoms with Gasteiger partial charge in [-0.25, -0.2) is 0 Å². The number of hydrogen-bond donors (Lipinski definition) is 2. The molecule has 0 aliphatic heterocycles. The van der Waals surface area contributed by atoms with Gasteiger partial charge in [-0.2, -0.15) is 5.10 Å². The predicted molar refractivity (Wildman–Crippen MR) is 99.9 cm³/mol. The van der Waals surface area contributed by atoms with Crippen LogP contribution in [0.15, 0.2) is 30.5 Å². The van der Waals surface area contributed by atoms with Gasteiger partial charge >= 0.3 is 0 Å². The highest BCUT2D eigenvalue weighted by Gasteiger charge is 2.21. The maximum absolute atomic E-state index is 12.5.